The van der Waals surface area contributed by atoms with Crippen LogP contribution in [0.5, 0.6) is 5.75 Å². The van der Waals surface area contributed by atoms with Gasteiger partial charge in [-0.3, -0.25) is 14.5 Å². The van der Waals surface area contributed by atoms with Crippen LogP contribution in [0, 0.1) is 0 Å². The lowest BCUT2D eigenvalue weighted by molar-refractivity contribution is -0.121. The molecule has 0 unspecified atom stereocenters. The van der Waals surface area contributed by atoms with Crippen molar-refractivity contribution in [3.8, 4) is 11.6 Å². The normalized spacial score (nSPS) is 17.4. The number of pyridine rings is 1. The van der Waals surface area contributed by atoms with Crippen LogP contribution in [0.4, 0.5) is 22.2 Å². The number of hydrogen-bond donors (Lipinski definition) is 1. The molecule has 5 aromatic rings. The Hall–Kier alpha value is -5.66. The van der Waals surface area contributed by atoms with Gasteiger partial charge in [0.25, 0.3) is 11.5 Å². The van der Waals surface area contributed by atoms with Crippen molar-refractivity contribution < 1.29 is 19.1 Å². The molecule has 0 atom stereocenters. The van der Waals surface area contributed by atoms with E-state index in [-0.39, 0.29) is 29.7 Å². The molecule has 1 saturated carbocycles. The first-order valence-electron chi connectivity index (χ1n) is 16.9. The van der Waals surface area contributed by atoms with Gasteiger partial charge in [-0.15, -0.1) is 0 Å². The van der Waals surface area contributed by atoms with Gasteiger partial charge in [0.05, 0.1) is 12.1 Å². The minimum absolute atomic E-state index is 0.0357. The summed E-state index contributed by atoms with van der Waals surface area (Å²) in [5.41, 5.74) is 1.12. The summed E-state index contributed by atoms with van der Waals surface area (Å²) >= 11 is 0. The molecule has 1 aromatic carbocycles. The van der Waals surface area contributed by atoms with Crippen molar-refractivity contribution in [3.05, 3.63) is 71.3 Å². The maximum absolute atomic E-state index is 13.7. The lowest BCUT2D eigenvalue weighted by Crippen LogP contribution is -2.44. The number of anilines is 3. The Kier molecular flexibility index (Phi) is 7.42. The first kappa shape index (κ1) is 31.6. The zero-order valence-corrected chi connectivity index (χ0v) is 28.5. The number of carbonyl (C=O) groups excluding carboxylic acids is 2. The number of likely N-dealkylation sites (N-methyl/N-ethyl adjacent to an activating group) is 1. The number of hydrogen-bond acceptors (Lipinski definition) is 9. The number of nitrogens with zero attached hydrogens (tertiary/aromatic N) is 8. The molecule has 1 N–H and O–H groups in total. The monoisotopic (exact) mass is 677 g/mol. The van der Waals surface area contributed by atoms with Crippen LogP contribution in [0.2, 0.25) is 0 Å². The Morgan fingerprint density at radius 1 is 1.10 bits per heavy atom. The molecule has 1 fully saturated rings. The minimum Gasteiger partial charge on any atom is -0.480 e. The smallest absolute Gasteiger partial charge is 0.410 e. The minimum atomic E-state index is -0.555. The topological polar surface area (TPSA) is 142 Å². The van der Waals surface area contributed by atoms with Crippen LogP contribution < -0.4 is 20.5 Å². The molecule has 3 aliphatic rings. The summed E-state index contributed by atoms with van der Waals surface area (Å²) < 4.78 is 16.7. The molecule has 2 amide bonds. The van der Waals surface area contributed by atoms with Gasteiger partial charge < -0.3 is 24.3 Å². The van der Waals surface area contributed by atoms with E-state index < -0.39 is 5.60 Å². The van der Waals surface area contributed by atoms with Crippen molar-refractivity contribution in [1.29, 1.82) is 0 Å². The van der Waals surface area contributed by atoms with Crippen LogP contribution in [0.3, 0.4) is 0 Å². The number of allylic oxidation sites excluding steroid dienone is 2. The molecule has 8 rings (SSSR count). The third-order valence-electron chi connectivity index (χ3n) is 9.52. The lowest BCUT2D eigenvalue weighted by Gasteiger charge is -2.31. The molecule has 6 heterocycles. The van der Waals surface area contributed by atoms with E-state index in [1.165, 1.54) is 6.20 Å². The summed E-state index contributed by atoms with van der Waals surface area (Å²) in [6.07, 6.45) is 10.6. The Bertz CT molecular complexity index is 2260. The van der Waals surface area contributed by atoms with Crippen molar-refractivity contribution in [2.24, 2.45) is 0 Å². The highest BCUT2D eigenvalue weighted by Crippen LogP contribution is 2.44. The number of carbonyl (C=O) groups is 2. The predicted octanol–water partition coefficient (Wildman–Crippen LogP) is 5.15. The first-order valence-corrected chi connectivity index (χ1v) is 16.9. The standard InChI is InChI=1S/C36H39N9O5/c1-35(2,3)50-34(48)41(4)36(14-15-36)22-42-18-13-23-19-24(9-10-26(23)42)38-33-37-20-25-30(40-33)45-28-12-11-27-31(39-28)43(29(46)21-49-27)16-7-5-6-8-17-44(45)32(25)47/h6,8-13,18-20H,5,7,14-17,21-22H2,1-4H3,(H,37,38,40)/b8-6-. The van der Waals surface area contributed by atoms with Crippen molar-refractivity contribution in [2.75, 3.05) is 30.4 Å². The zero-order chi connectivity index (χ0) is 34.8. The molecular weight excluding hydrogens is 638 g/mol. The fourth-order valence-electron chi connectivity index (χ4n) is 6.69. The van der Waals surface area contributed by atoms with Crippen LogP contribution >= 0.6 is 0 Å². The van der Waals surface area contributed by atoms with Crippen molar-refractivity contribution in [3.63, 3.8) is 0 Å². The summed E-state index contributed by atoms with van der Waals surface area (Å²) in [4.78, 5) is 56.8. The molecule has 14 heteroatoms. The number of fused-ring (bicyclic) bond motifs is 6. The second-order valence-corrected chi connectivity index (χ2v) is 14.2. The van der Waals surface area contributed by atoms with Crippen LogP contribution in [0.15, 0.2) is 65.7 Å². The van der Waals surface area contributed by atoms with Crippen LogP contribution in [-0.2, 0) is 22.6 Å². The van der Waals surface area contributed by atoms with Gasteiger partial charge in [-0.05, 0) is 82.9 Å². The van der Waals surface area contributed by atoms with Gasteiger partial charge >= 0.3 is 6.09 Å². The van der Waals surface area contributed by atoms with Gasteiger partial charge in [-0.25, -0.2) is 24.1 Å². The first-order chi connectivity index (χ1) is 24.0. The number of rotatable bonds is 5. The fourth-order valence-corrected chi connectivity index (χ4v) is 6.69. The van der Waals surface area contributed by atoms with Crippen LogP contribution in [-0.4, -0.2) is 77.1 Å². The van der Waals surface area contributed by atoms with E-state index in [0.717, 1.165) is 42.3 Å². The molecule has 0 saturated heterocycles. The SMILES string of the molecule is CN(C(=O)OC(C)(C)C)C1(Cn2ccc3cc(Nc4ncc5c(=O)n6n(c5n4)-c4ccc5c(n4)N(CCC/C=C\C6)C(=O)CO5)ccc32)CC1. The van der Waals surface area contributed by atoms with E-state index in [2.05, 4.69) is 14.9 Å². The molecule has 50 heavy (non-hydrogen) atoms. The van der Waals surface area contributed by atoms with E-state index in [4.69, 9.17) is 19.4 Å². The van der Waals surface area contributed by atoms with E-state index in [1.54, 1.807) is 31.3 Å². The van der Waals surface area contributed by atoms with Crippen LogP contribution in [0.1, 0.15) is 46.5 Å². The zero-order valence-electron chi connectivity index (χ0n) is 28.5. The highest BCUT2D eigenvalue weighted by atomic mass is 16.6. The van der Waals surface area contributed by atoms with Gasteiger partial charge in [0.1, 0.15) is 11.0 Å². The summed E-state index contributed by atoms with van der Waals surface area (Å²) in [6.45, 7) is 7.09. The van der Waals surface area contributed by atoms with E-state index >= 15 is 0 Å². The molecule has 0 radical (unpaired) electrons. The van der Waals surface area contributed by atoms with Gasteiger partial charge in [-0.1, -0.05) is 12.2 Å². The molecule has 2 aliphatic heterocycles. The number of nitrogens with one attached hydrogen (secondary N) is 1. The van der Waals surface area contributed by atoms with Crippen molar-refractivity contribution in [2.45, 2.75) is 70.7 Å². The maximum atomic E-state index is 13.7. The summed E-state index contributed by atoms with van der Waals surface area (Å²) in [7, 11) is 1.82. The Morgan fingerprint density at radius 2 is 1.94 bits per heavy atom. The third kappa shape index (κ3) is 5.63. The van der Waals surface area contributed by atoms with Crippen molar-refractivity contribution in [1.82, 2.24) is 33.8 Å². The van der Waals surface area contributed by atoms with E-state index in [1.807, 2.05) is 70.4 Å². The quantitative estimate of drug-likeness (QED) is 0.250. The number of ether oxygens (including phenoxy) is 2. The highest BCUT2D eigenvalue weighted by molar-refractivity contribution is 5.96. The molecule has 4 aromatic heterocycles. The van der Waals surface area contributed by atoms with E-state index in [0.29, 0.717) is 54.0 Å². The second-order valence-electron chi connectivity index (χ2n) is 14.2. The third-order valence-corrected chi connectivity index (χ3v) is 9.52. The molecule has 258 valence electrons. The Morgan fingerprint density at radius 3 is 2.74 bits per heavy atom. The second kappa shape index (κ2) is 11.7. The van der Waals surface area contributed by atoms with Crippen LogP contribution in [0.25, 0.3) is 27.8 Å². The van der Waals surface area contributed by atoms with Gasteiger partial charge in [0.2, 0.25) is 5.95 Å². The number of aromatic nitrogens is 6. The summed E-state index contributed by atoms with van der Waals surface area (Å²) in [5.74, 6) is 1.55. The average Bonchev–Trinajstić information content (AvgIpc) is 3.68. The molecular formula is C36H39N9O5. The molecule has 2 bridgehead atoms. The fraction of sp³-hybridized carbons (Fsp3) is 0.389. The maximum Gasteiger partial charge on any atom is 0.410 e. The highest BCUT2D eigenvalue weighted by Gasteiger charge is 2.50. The Balaban J connectivity index is 1.10. The van der Waals surface area contributed by atoms with E-state index in [9.17, 15) is 14.4 Å². The Labute approximate surface area is 287 Å². The lowest BCUT2D eigenvalue weighted by atomic mass is 10.2. The largest absolute Gasteiger partial charge is 0.480 e. The van der Waals surface area contributed by atoms with Gasteiger partial charge in [0.15, 0.2) is 29.6 Å². The number of benzene rings is 1. The number of amides is 2. The van der Waals surface area contributed by atoms with Gasteiger partial charge in [-0.2, -0.15) is 4.98 Å². The molecule has 1 aliphatic carbocycles. The summed E-state index contributed by atoms with van der Waals surface area (Å²) in [5, 5.41) is 4.68. The van der Waals surface area contributed by atoms with Crippen molar-refractivity contribution >= 4 is 51.4 Å². The average molecular weight is 678 g/mol. The predicted molar refractivity (Wildman–Crippen MR) is 188 cm³/mol. The molecule has 0 spiro atoms. The summed E-state index contributed by atoms with van der Waals surface area (Å²) in [6, 6.07) is 11.6. The molecule has 14 nitrogen and oxygen atoms in total. The van der Waals surface area contributed by atoms with Gasteiger partial charge in [0, 0.05) is 49.1 Å².